The number of nitrogens with zero attached hydrogens (tertiary/aromatic N) is 2. The molecule has 1 N–H and O–H groups in total. The van der Waals surface area contributed by atoms with Gasteiger partial charge in [0.2, 0.25) is 10.0 Å². The molecule has 2 aromatic carbocycles. The summed E-state index contributed by atoms with van der Waals surface area (Å²) in [6.45, 7) is 1.19. The summed E-state index contributed by atoms with van der Waals surface area (Å²) < 4.78 is 32.8. The van der Waals surface area contributed by atoms with Gasteiger partial charge in [-0.25, -0.2) is 8.42 Å². The summed E-state index contributed by atoms with van der Waals surface area (Å²) in [5.74, 6) is 0. The number of anilines is 1. The average Bonchev–Trinajstić information content (AvgIpc) is 2.96. The Morgan fingerprint density at radius 1 is 1.19 bits per heavy atom. The van der Waals surface area contributed by atoms with E-state index in [1.807, 2.05) is 35.0 Å². The maximum atomic E-state index is 11.5. The van der Waals surface area contributed by atoms with Crippen LogP contribution < -0.4 is 4.72 Å². The van der Waals surface area contributed by atoms with E-state index in [0.717, 1.165) is 28.3 Å². The first-order chi connectivity index (χ1) is 12.4. The van der Waals surface area contributed by atoms with Crippen LogP contribution in [0.2, 0.25) is 0 Å². The van der Waals surface area contributed by atoms with E-state index < -0.39 is 10.0 Å². The molecule has 1 heterocycles. The third-order valence-electron chi connectivity index (χ3n) is 4.05. The third-order valence-corrected chi connectivity index (χ3v) is 4.65. The van der Waals surface area contributed by atoms with Crippen molar-refractivity contribution < 1.29 is 13.2 Å². The van der Waals surface area contributed by atoms with Crippen LogP contribution in [0, 0.1) is 11.3 Å². The Morgan fingerprint density at radius 2 is 1.92 bits per heavy atom. The lowest BCUT2D eigenvalue weighted by Gasteiger charge is -2.07. The van der Waals surface area contributed by atoms with Gasteiger partial charge in [-0.3, -0.25) is 4.72 Å². The van der Waals surface area contributed by atoms with Crippen molar-refractivity contribution in [3.05, 3.63) is 54.2 Å². The summed E-state index contributed by atoms with van der Waals surface area (Å²) in [7, 11) is -1.70. The van der Waals surface area contributed by atoms with Crippen molar-refractivity contribution in [1.29, 1.82) is 5.26 Å². The van der Waals surface area contributed by atoms with Crippen LogP contribution in [-0.4, -0.2) is 33.0 Å². The number of aromatic nitrogens is 1. The minimum absolute atomic E-state index is 0.517. The summed E-state index contributed by atoms with van der Waals surface area (Å²) in [6.07, 6.45) is 3.15. The number of sulfonamides is 1. The Morgan fingerprint density at radius 3 is 2.54 bits per heavy atom. The molecule has 0 radical (unpaired) electrons. The standard InChI is InChI=1S/C19H19N3O3S/c1-25-10-9-22-13-18(15-5-3-14(12-20)4-6-15)17-8-7-16(11-19(17)22)21-26(2,23)24/h3-8,11,13,21H,9-10H2,1-2H3. The van der Waals surface area contributed by atoms with Gasteiger partial charge in [0.25, 0.3) is 0 Å². The van der Waals surface area contributed by atoms with Crippen molar-refractivity contribution in [3.63, 3.8) is 0 Å². The summed E-state index contributed by atoms with van der Waals surface area (Å²) >= 11 is 0. The number of rotatable bonds is 6. The van der Waals surface area contributed by atoms with Crippen molar-refractivity contribution in [2.24, 2.45) is 0 Å². The molecule has 7 heteroatoms. The highest BCUT2D eigenvalue weighted by atomic mass is 32.2. The maximum Gasteiger partial charge on any atom is 0.229 e. The van der Waals surface area contributed by atoms with Gasteiger partial charge >= 0.3 is 0 Å². The van der Waals surface area contributed by atoms with Crippen LogP contribution in [0.25, 0.3) is 22.0 Å². The number of methoxy groups -OCH3 is 1. The number of benzene rings is 2. The summed E-state index contributed by atoms with van der Waals surface area (Å²) in [5, 5.41) is 9.98. The van der Waals surface area contributed by atoms with Crippen LogP contribution in [0.5, 0.6) is 0 Å². The molecule has 0 saturated carbocycles. The van der Waals surface area contributed by atoms with Crippen molar-refractivity contribution in [2.75, 3.05) is 24.7 Å². The molecule has 0 atom stereocenters. The number of nitrogens with one attached hydrogen (secondary N) is 1. The smallest absolute Gasteiger partial charge is 0.229 e. The Balaban J connectivity index is 2.12. The normalized spacial score (nSPS) is 11.4. The average molecular weight is 369 g/mol. The number of hydrogen-bond acceptors (Lipinski definition) is 4. The lowest BCUT2D eigenvalue weighted by atomic mass is 10.0. The number of ether oxygens (including phenoxy) is 1. The number of fused-ring (bicyclic) bond motifs is 1. The molecular formula is C19H19N3O3S. The second-order valence-electron chi connectivity index (χ2n) is 6.02. The van der Waals surface area contributed by atoms with Crippen LogP contribution in [0.15, 0.2) is 48.7 Å². The fourth-order valence-corrected chi connectivity index (χ4v) is 3.45. The molecule has 3 rings (SSSR count). The predicted molar refractivity (Wildman–Crippen MR) is 102 cm³/mol. The van der Waals surface area contributed by atoms with Crippen LogP contribution in [-0.2, 0) is 21.3 Å². The van der Waals surface area contributed by atoms with Crippen LogP contribution >= 0.6 is 0 Å². The Hall–Kier alpha value is -2.82. The summed E-state index contributed by atoms with van der Waals surface area (Å²) in [6, 6.07) is 15.0. The zero-order chi connectivity index (χ0) is 18.7. The lowest BCUT2D eigenvalue weighted by Crippen LogP contribution is -2.09. The van der Waals surface area contributed by atoms with Gasteiger partial charge in [0, 0.05) is 30.8 Å². The largest absolute Gasteiger partial charge is 0.383 e. The SMILES string of the molecule is COCCn1cc(-c2ccc(C#N)cc2)c2ccc(NS(C)(=O)=O)cc21. The van der Waals surface area contributed by atoms with Crippen molar-refractivity contribution in [2.45, 2.75) is 6.54 Å². The molecule has 6 nitrogen and oxygen atoms in total. The molecule has 0 fully saturated rings. The van der Waals surface area contributed by atoms with E-state index in [2.05, 4.69) is 10.8 Å². The molecule has 0 bridgehead atoms. The quantitative estimate of drug-likeness (QED) is 0.723. The molecule has 0 unspecified atom stereocenters. The second kappa shape index (κ2) is 7.20. The summed E-state index contributed by atoms with van der Waals surface area (Å²) in [5.41, 5.74) is 4.05. The minimum atomic E-state index is -3.34. The van der Waals surface area contributed by atoms with Crippen LogP contribution in [0.3, 0.4) is 0 Å². The van der Waals surface area contributed by atoms with E-state index in [1.165, 1.54) is 0 Å². The third kappa shape index (κ3) is 3.87. The van der Waals surface area contributed by atoms with E-state index in [1.54, 1.807) is 25.3 Å². The van der Waals surface area contributed by atoms with E-state index >= 15 is 0 Å². The van der Waals surface area contributed by atoms with Gasteiger partial charge in [-0.1, -0.05) is 18.2 Å². The molecule has 3 aromatic rings. The van der Waals surface area contributed by atoms with Crippen LogP contribution in [0.4, 0.5) is 5.69 Å². The number of hydrogen-bond donors (Lipinski definition) is 1. The molecule has 0 saturated heterocycles. The molecule has 134 valence electrons. The monoisotopic (exact) mass is 369 g/mol. The van der Waals surface area contributed by atoms with Gasteiger partial charge in [-0.2, -0.15) is 5.26 Å². The van der Waals surface area contributed by atoms with Crippen molar-refractivity contribution in [1.82, 2.24) is 4.57 Å². The van der Waals surface area contributed by atoms with Crippen molar-refractivity contribution in [3.8, 4) is 17.2 Å². The maximum absolute atomic E-state index is 11.5. The van der Waals surface area contributed by atoms with Crippen molar-refractivity contribution >= 4 is 26.6 Å². The Labute approximate surface area is 152 Å². The van der Waals surface area contributed by atoms with Gasteiger partial charge in [-0.15, -0.1) is 0 Å². The zero-order valence-electron chi connectivity index (χ0n) is 14.6. The molecule has 1 aromatic heterocycles. The molecule has 0 aliphatic rings. The molecule has 0 amide bonds. The topological polar surface area (TPSA) is 84.1 Å². The molecule has 0 spiro atoms. The lowest BCUT2D eigenvalue weighted by molar-refractivity contribution is 0.188. The van der Waals surface area contributed by atoms with E-state index in [0.29, 0.717) is 24.4 Å². The highest BCUT2D eigenvalue weighted by Gasteiger charge is 2.12. The Kier molecular flexibility index (Phi) is 4.98. The van der Waals surface area contributed by atoms with Gasteiger partial charge in [0.1, 0.15) is 0 Å². The molecular weight excluding hydrogens is 350 g/mol. The van der Waals surface area contributed by atoms with Crippen LogP contribution in [0.1, 0.15) is 5.56 Å². The highest BCUT2D eigenvalue weighted by molar-refractivity contribution is 7.92. The second-order valence-corrected chi connectivity index (χ2v) is 7.77. The van der Waals surface area contributed by atoms with E-state index in [4.69, 9.17) is 10.00 Å². The molecule has 0 aliphatic carbocycles. The van der Waals surface area contributed by atoms with Gasteiger partial charge < -0.3 is 9.30 Å². The predicted octanol–water partition coefficient (Wildman–Crippen LogP) is 3.20. The van der Waals surface area contributed by atoms with E-state index in [-0.39, 0.29) is 0 Å². The summed E-state index contributed by atoms with van der Waals surface area (Å²) in [4.78, 5) is 0. The first-order valence-corrected chi connectivity index (χ1v) is 9.90. The minimum Gasteiger partial charge on any atom is -0.383 e. The number of nitriles is 1. The van der Waals surface area contributed by atoms with Gasteiger partial charge in [0.05, 0.1) is 35.7 Å². The first-order valence-electron chi connectivity index (χ1n) is 8.01. The first kappa shape index (κ1) is 18.0. The fraction of sp³-hybridized carbons (Fsp3) is 0.211. The molecule has 0 aliphatic heterocycles. The van der Waals surface area contributed by atoms with E-state index in [9.17, 15) is 8.42 Å². The highest BCUT2D eigenvalue weighted by Crippen LogP contribution is 2.32. The fourth-order valence-electron chi connectivity index (χ4n) is 2.90. The Bertz CT molecular complexity index is 1080. The zero-order valence-corrected chi connectivity index (χ0v) is 15.4. The van der Waals surface area contributed by atoms with Gasteiger partial charge in [-0.05, 0) is 29.8 Å². The molecule has 26 heavy (non-hydrogen) atoms. The van der Waals surface area contributed by atoms with Gasteiger partial charge in [0.15, 0.2) is 0 Å².